The van der Waals surface area contributed by atoms with Crippen LogP contribution < -0.4 is 0 Å². The van der Waals surface area contributed by atoms with Crippen molar-refractivity contribution in [3.63, 3.8) is 0 Å². The highest BCUT2D eigenvalue weighted by atomic mass is 16.2. The van der Waals surface area contributed by atoms with E-state index < -0.39 is 5.91 Å². The highest BCUT2D eigenvalue weighted by molar-refractivity contribution is 6.11. The Morgan fingerprint density at radius 3 is 2.47 bits per heavy atom. The van der Waals surface area contributed by atoms with Gasteiger partial charge in [0.05, 0.1) is 0 Å². The third-order valence-electron chi connectivity index (χ3n) is 3.29. The molecule has 0 saturated heterocycles. The lowest BCUT2D eigenvalue weighted by molar-refractivity contribution is -0.125. The first kappa shape index (κ1) is 13.0. The molecule has 0 N–H and O–H groups in total. The first-order chi connectivity index (χ1) is 8.84. The quantitative estimate of drug-likeness (QED) is 0.764. The molecule has 0 radical (unpaired) electrons. The van der Waals surface area contributed by atoms with E-state index in [1.54, 1.807) is 19.2 Å². The lowest BCUT2D eigenvalue weighted by Gasteiger charge is -2.13. The van der Waals surface area contributed by atoms with E-state index in [9.17, 15) is 14.4 Å². The van der Waals surface area contributed by atoms with Crippen molar-refractivity contribution in [1.82, 2.24) is 9.80 Å². The van der Waals surface area contributed by atoms with Gasteiger partial charge in [-0.3, -0.25) is 19.3 Å². The van der Waals surface area contributed by atoms with Crippen LogP contribution in [0.1, 0.15) is 33.2 Å². The second-order valence-electron chi connectivity index (χ2n) is 4.45. The molecule has 1 aromatic rings. The minimum atomic E-state index is -0.428. The van der Waals surface area contributed by atoms with Crippen LogP contribution in [0.3, 0.4) is 0 Å². The van der Waals surface area contributed by atoms with Gasteiger partial charge in [0.1, 0.15) is 0 Å². The molecule has 1 aliphatic heterocycles. The van der Waals surface area contributed by atoms with Crippen LogP contribution in [-0.4, -0.2) is 41.6 Å². The van der Waals surface area contributed by atoms with Crippen molar-refractivity contribution < 1.29 is 14.4 Å². The third kappa shape index (κ3) is 1.93. The number of carbonyl (C=O) groups is 3. The molecule has 1 aromatic carbocycles. The van der Waals surface area contributed by atoms with Crippen LogP contribution in [-0.2, 0) is 4.79 Å². The molecule has 0 atom stereocenters. The largest absolute Gasteiger partial charge is 0.311 e. The second-order valence-corrected chi connectivity index (χ2v) is 4.45. The summed E-state index contributed by atoms with van der Waals surface area (Å²) in [4.78, 5) is 37.6. The van der Waals surface area contributed by atoms with E-state index in [1.807, 2.05) is 0 Å². The average molecular weight is 258 g/mol. The highest BCUT2D eigenvalue weighted by Gasteiger charge is 2.29. The van der Waals surface area contributed by atoms with Crippen molar-refractivity contribution in [2.75, 3.05) is 14.1 Å². The molecule has 3 amide bonds. The average Bonchev–Trinajstić information content (AvgIpc) is 2.61. The van der Waals surface area contributed by atoms with Gasteiger partial charge in [0.2, 0.25) is 5.91 Å². The number of imide groups is 1. The molecule has 5 heteroatoms. The van der Waals surface area contributed by atoms with Gasteiger partial charge >= 0.3 is 0 Å². The SMILES string of the molecule is C=C1c2ccc(C(=O)N(C)C(C)=O)cc2C(=O)N1C. The van der Waals surface area contributed by atoms with E-state index in [2.05, 4.69) is 6.58 Å². The van der Waals surface area contributed by atoms with Gasteiger partial charge in [-0.25, -0.2) is 0 Å². The van der Waals surface area contributed by atoms with Crippen molar-refractivity contribution in [3.05, 3.63) is 41.5 Å². The van der Waals surface area contributed by atoms with Crippen LogP contribution in [0.5, 0.6) is 0 Å². The van der Waals surface area contributed by atoms with Gasteiger partial charge < -0.3 is 4.90 Å². The van der Waals surface area contributed by atoms with Gasteiger partial charge in [0.25, 0.3) is 11.8 Å². The Labute approximate surface area is 111 Å². The maximum Gasteiger partial charge on any atom is 0.260 e. The Morgan fingerprint density at radius 1 is 1.26 bits per heavy atom. The molecule has 0 fully saturated rings. The van der Waals surface area contributed by atoms with Crippen molar-refractivity contribution in [2.45, 2.75) is 6.92 Å². The maximum absolute atomic E-state index is 12.0. The lowest BCUT2D eigenvalue weighted by atomic mass is 10.0. The fourth-order valence-corrected chi connectivity index (χ4v) is 1.93. The van der Waals surface area contributed by atoms with Gasteiger partial charge in [0.15, 0.2) is 0 Å². The molecular formula is C14H14N2O3. The second kappa shape index (κ2) is 4.35. The van der Waals surface area contributed by atoms with Crippen LogP contribution in [0.4, 0.5) is 0 Å². The number of amides is 3. The van der Waals surface area contributed by atoms with Gasteiger partial charge in [-0.15, -0.1) is 0 Å². The molecule has 0 spiro atoms. The minimum Gasteiger partial charge on any atom is -0.311 e. The minimum absolute atomic E-state index is 0.194. The van der Waals surface area contributed by atoms with E-state index in [0.29, 0.717) is 16.8 Å². The van der Waals surface area contributed by atoms with Crippen molar-refractivity contribution >= 4 is 23.4 Å². The van der Waals surface area contributed by atoms with Crippen molar-refractivity contribution in [1.29, 1.82) is 0 Å². The van der Waals surface area contributed by atoms with Crippen molar-refractivity contribution in [3.8, 4) is 0 Å². The van der Waals surface area contributed by atoms with E-state index in [4.69, 9.17) is 0 Å². The Hall–Kier alpha value is -2.43. The van der Waals surface area contributed by atoms with E-state index in [0.717, 1.165) is 10.5 Å². The van der Waals surface area contributed by atoms with E-state index in [-0.39, 0.29) is 11.8 Å². The molecule has 1 heterocycles. The number of carbonyl (C=O) groups excluding carboxylic acids is 3. The monoisotopic (exact) mass is 258 g/mol. The normalized spacial score (nSPS) is 13.5. The molecule has 0 saturated carbocycles. The molecule has 0 bridgehead atoms. The summed E-state index contributed by atoms with van der Waals surface area (Å²) in [5.41, 5.74) is 2.08. The Morgan fingerprint density at radius 2 is 1.89 bits per heavy atom. The van der Waals surface area contributed by atoms with Gasteiger partial charge in [0, 0.05) is 43.4 Å². The first-order valence-electron chi connectivity index (χ1n) is 5.74. The van der Waals surface area contributed by atoms with Crippen LogP contribution in [0.25, 0.3) is 5.70 Å². The highest BCUT2D eigenvalue weighted by Crippen LogP contribution is 2.30. The first-order valence-corrected chi connectivity index (χ1v) is 5.74. The number of benzene rings is 1. The smallest absolute Gasteiger partial charge is 0.260 e. The van der Waals surface area contributed by atoms with Crippen LogP contribution >= 0.6 is 0 Å². The fraction of sp³-hybridized carbons (Fsp3) is 0.214. The number of fused-ring (bicyclic) bond motifs is 1. The number of hydrogen-bond acceptors (Lipinski definition) is 3. The Bertz CT molecular complexity index is 619. The molecule has 0 aliphatic carbocycles. The molecule has 2 rings (SSSR count). The summed E-state index contributed by atoms with van der Waals surface area (Å²) in [6.45, 7) is 5.13. The summed E-state index contributed by atoms with van der Waals surface area (Å²) in [5.74, 6) is -0.971. The summed E-state index contributed by atoms with van der Waals surface area (Å²) >= 11 is 0. The summed E-state index contributed by atoms with van der Waals surface area (Å²) < 4.78 is 0. The maximum atomic E-state index is 12.0. The zero-order chi connectivity index (χ0) is 14.3. The third-order valence-corrected chi connectivity index (χ3v) is 3.29. The number of rotatable bonds is 1. The molecule has 19 heavy (non-hydrogen) atoms. The van der Waals surface area contributed by atoms with Gasteiger partial charge in [-0.2, -0.15) is 0 Å². The predicted molar refractivity (Wildman–Crippen MR) is 70.3 cm³/mol. The van der Waals surface area contributed by atoms with Crippen LogP contribution in [0.15, 0.2) is 24.8 Å². The summed E-state index contributed by atoms with van der Waals surface area (Å²) in [6.07, 6.45) is 0. The molecule has 5 nitrogen and oxygen atoms in total. The zero-order valence-electron chi connectivity index (χ0n) is 11.1. The van der Waals surface area contributed by atoms with Crippen LogP contribution in [0, 0.1) is 0 Å². The topological polar surface area (TPSA) is 57.7 Å². The fourth-order valence-electron chi connectivity index (χ4n) is 1.93. The Kier molecular flexibility index (Phi) is 2.98. The van der Waals surface area contributed by atoms with Gasteiger partial charge in [-0.1, -0.05) is 12.6 Å². The molecule has 0 aromatic heterocycles. The molecular weight excluding hydrogens is 244 g/mol. The predicted octanol–water partition coefficient (Wildman–Crippen LogP) is 1.36. The summed E-state index contributed by atoms with van der Waals surface area (Å²) in [5, 5.41) is 0. The summed E-state index contributed by atoms with van der Waals surface area (Å²) in [7, 11) is 3.04. The van der Waals surface area contributed by atoms with Crippen LogP contribution in [0.2, 0.25) is 0 Å². The van der Waals surface area contributed by atoms with E-state index in [1.165, 1.54) is 24.9 Å². The zero-order valence-corrected chi connectivity index (χ0v) is 11.1. The molecule has 98 valence electrons. The van der Waals surface area contributed by atoms with Gasteiger partial charge in [-0.05, 0) is 12.1 Å². The van der Waals surface area contributed by atoms with E-state index >= 15 is 0 Å². The molecule has 0 unspecified atom stereocenters. The standard InChI is InChI=1S/C14H14N2O3/c1-8-11-6-5-10(13(18)16(4)9(2)17)7-12(11)14(19)15(8)3/h5-7H,1H2,2-4H3. The summed E-state index contributed by atoms with van der Waals surface area (Å²) in [6, 6.07) is 4.78. The van der Waals surface area contributed by atoms with Crippen molar-refractivity contribution in [2.24, 2.45) is 0 Å². The number of hydrogen-bond donors (Lipinski definition) is 0. The Balaban J connectivity index is 2.44. The number of nitrogens with zero attached hydrogens (tertiary/aromatic N) is 2. The lowest BCUT2D eigenvalue weighted by Crippen LogP contribution is -2.31. The molecule has 1 aliphatic rings.